The molecule has 0 aliphatic carbocycles. The van der Waals surface area contributed by atoms with Gasteiger partial charge in [-0.3, -0.25) is 4.79 Å². The van der Waals surface area contributed by atoms with Crippen molar-refractivity contribution in [3.8, 4) is 0 Å². The molecule has 1 aromatic carbocycles. The third-order valence-corrected chi connectivity index (χ3v) is 3.12. The highest BCUT2D eigenvalue weighted by Gasteiger charge is 2.24. The standard InChI is InChI=1S/C17H27NO2/c1-16(2,3)12-17(4,5)18-11-14-8-6-13(7-9-14)10-15(19)20/h6-9,18H,10-12H2,1-5H3,(H,19,20). The molecule has 0 amide bonds. The van der Waals surface area contributed by atoms with Crippen LogP contribution in [0.2, 0.25) is 0 Å². The van der Waals surface area contributed by atoms with E-state index in [1.807, 2.05) is 24.3 Å². The summed E-state index contributed by atoms with van der Waals surface area (Å²) in [5, 5.41) is 12.3. The normalized spacial score (nSPS) is 12.4. The van der Waals surface area contributed by atoms with Gasteiger partial charge in [0.05, 0.1) is 6.42 Å². The topological polar surface area (TPSA) is 49.3 Å². The van der Waals surface area contributed by atoms with Gasteiger partial charge in [-0.05, 0) is 36.8 Å². The van der Waals surface area contributed by atoms with E-state index in [0.29, 0.717) is 5.41 Å². The van der Waals surface area contributed by atoms with Crippen molar-refractivity contribution in [2.45, 2.75) is 59.5 Å². The van der Waals surface area contributed by atoms with E-state index in [2.05, 4.69) is 39.9 Å². The molecule has 112 valence electrons. The molecule has 0 saturated heterocycles. The fourth-order valence-electron chi connectivity index (χ4n) is 2.68. The Hall–Kier alpha value is -1.35. The summed E-state index contributed by atoms with van der Waals surface area (Å²) in [6, 6.07) is 7.78. The lowest BCUT2D eigenvalue weighted by Crippen LogP contribution is -2.41. The van der Waals surface area contributed by atoms with Crippen LogP contribution in [0.4, 0.5) is 0 Å². The van der Waals surface area contributed by atoms with Crippen LogP contribution < -0.4 is 5.32 Å². The summed E-state index contributed by atoms with van der Waals surface area (Å²) in [4.78, 5) is 10.6. The van der Waals surface area contributed by atoms with Gasteiger partial charge in [0.1, 0.15) is 0 Å². The predicted molar refractivity (Wildman–Crippen MR) is 82.8 cm³/mol. The zero-order valence-corrected chi connectivity index (χ0v) is 13.3. The van der Waals surface area contributed by atoms with Crippen LogP contribution in [0, 0.1) is 5.41 Å². The largest absolute Gasteiger partial charge is 0.481 e. The molecule has 1 rings (SSSR count). The first-order chi connectivity index (χ1) is 9.07. The molecule has 0 radical (unpaired) electrons. The molecule has 0 bridgehead atoms. The van der Waals surface area contributed by atoms with Crippen molar-refractivity contribution < 1.29 is 9.90 Å². The Kier molecular flexibility index (Phi) is 5.35. The SMILES string of the molecule is CC(C)(C)CC(C)(C)NCc1ccc(CC(=O)O)cc1. The molecule has 3 heteroatoms. The van der Waals surface area contributed by atoms with Crippen LogP contribution in [0.1, 0.15) is 52.2 Å². The quantitative estimate of drug-likeness (QED) is 0.835. The summed E-state index contributed by atoms with van der Waals surface area (Å²) in [5.41, 5.74) is 2.40. The van der Waals surface area contributed by atoms with E-state index in [4.69, 9.17) is 5.11 Å². The van der Waals surface area contributed by atoms with Gasteiger partial charge < -0.3 is 10.4 Å². The summed E-state index contributed by atoms with van der Waals surface area (Å²) in [5.74, 6) is -0.790. The van der Waals surface area contributed by atoms with Gasteiger partial charge in [-0.25, -0.2) is 0 Å². The Bertz CT molecular complexity index is 441. The number of carbonyl (C=O) groups is 1. The molecule has 0 spiro atoms. The van der Waals surface area contributed by atoms with E-state index in [-0.39, 0.29) is 12.0 Å². The molecule has 1 aromatic rings. The van der Waals surface area contributed by atoms with Crippen molar-refractivity contribution >= 4 is 5.97 Å². The Labute approximate surface area is 122 Å². The summed E-state index contributed by atoms with van der Waals surface area (Å²) in [6.45, 7) is 12.0. The first-order valence-corrected chi connectivity index (χ1v) is 7.12. The summed E-state index contributed by atoms with van der Waals surface area (Å²) in [6.07, 6.45) is 1.18. The molecular formula is C17H27NO2. The second-order valence-corrected chi connectivity index (χ2v) is 7.36. The highest BCUT2D eigenvalue weighted by molar-refractivity contribution is 5.70. The number of benzene rings is 1. The highest BCUT2D eigenvalue weighted by atomic mass is 16.4. The minimum atomic E-state index is -0.790. The fraction of sp³-hybridized carbons (Fsp3) is 0.588. The smallest absolute Gasteiger partial charge is 0.307 e. The average molecular weight is 277 g/mol. The highest BCUT2D eigenvalue weighted by Crippen LogP contribution is 2.27. The summed E-state index contributed by atoms with van der Waals surface area (Å²) < 4.78 is 0. The summed E-state index contributed by atoms with van der Waals surface area (Å²) >= 11 is 0. The molecule has 0 aromatic heterocycles. The van der Waals surface area contributed by atoms with Crippen LogP contribution in [0.3, 0.4) is 0 Å². The van der Waals surface area contributed by atoms with Crippen molar-refractivity contribution in [3.63, 3.8) is 0 Å². The van der Waals surface area contributed by atoms with E-state index in [1.54, 1.807) is 0 Å². The van der Waals surface area contributed by atoms with Crippen LogP contribution in [0.5, 0.6) is 0 Å². The third kappa shape index (κ3) is 6.71. The molecule has 0 saturated carbocycles. The molecule has 2 N–H and O–H groups in total. The fourth-order valence-corrected chi connectivity index (χ4v) is 2.68. The third-order valence-electron chi connectivity index (χ3n) is 3.12. The molecule has 0 atom stereocenters. The van der Waals surface area contributed by atoms with Gasteiger partial charge in [-0.15, -0.1) is 0 Å². The van der Waals surface area contributed by atoms with Gasteiger partial charge in [0, 0.05) is 12.1 Å². The first kappa shape index (κ1) is 16.7. The second-order valence-electron chi connectivity index (χ2n) is 7.36. The van der Waals surface area contributed by atoms with E-state index in [1.165, 1.54) is 5.56 Å². The lowest BCUT2D eigenvalue weighted by molar-refractivity contribution is -0.136. The predicted octanol–water partition coefficient (Wildman–Crippen LogP) is 3.62. The van der Waals surface area contributed by atoms with Gasteiger partial charge in [0.15, 0.2) is 0 Å². The maximum atomic E-state index is 10.6. The monoisotopic (exact) mass is 277 g/mol. The van der Waals surface area contributed by atoms with Crippen LogP contribution >= 0.6 is 0 Å². The zero-order valence-electron chi connectivity index (χ0n) is 13.3. The maximum Gasteiger partial charge on any atom is 0.307 e. The Balaban J connectivity index is 2.55. The van der Waals surface area contributed by atoms with E-state index < -0.39 is 5.97 Å². The lowest BCUT2D eigenvalue weighted by atomic mass is 9.82. The minimum absolute atomic E-state index is 0.0813. The zero-order chi connectivity index (χ0) is 15.4. The molecule has 20 heavy (non-hydrogen) atoms. The number of hydrogen-bond donors (Lipinski definition) is 2. The lowest BCUT2D eigenvalue weighted by Gasteiger charge is -2.33. The van der Waals surface area contributed by atoms with Crippen molar-refractivity contribution in [3.05, 3.63) is 35.4 Å². The van der Waals surface area contributed by atoms with Crippen molar-refractivity contribution in [1.82, 2.24) is 5.32 Å². The van der Waals surface area contributed by atoms with Crippen LogP contribution in [-0.2, 0) is 17.8 Å². The Morgan fingerprint density at radius 1 is 1.05 bits per heavy atom. The van der Waals surface area contributed by atoms with Gasteiger partial charge in [-0.1, -0.05) is 45.0 Å². The van der Waals surface area contributed by atoms with E-state index >= 15 is 0 Å². The van der Waals surface area contributed by atoms with Gasteiger partial charge in [0.2, 0.25) is 0 Å². The Morgan fingerprint density at radius 2 is 1.55 bits per heavy atom. The van der Waals surface area contributed by atoms with E-state index in [0.717, 1.165) is 18.5 Å². The average Bonchev–Trinajstić information content (AvgIpc) is 2.24. The number of rotatable bonds is 6. The van der Waals surface area contributed by atoms with Gasteiger partial charge >= 0.3 is 5.97 Å². The number of carboxylic acid groups (broad SMARTS) is 1. The second kappa shape index (κ2) is 6.40. The van der Waals surface area contributed by atoms with E-state index in [9.17, 15) is 4.79 Å². The molecular weight excluding hydrogens is 250 g/mol. The number of nitrogens with one attached hydrogen (secondary N) is 1. The molecule has 0 heterocycles. The number of carboxylic acids is 1. The van der Waals surface area contributed by atoms with Crippen LogP contribution in [0.25, 0.3) is 0 Å². The van der Waals surface area contributed by atoms with Crippen LogP contribution in [-0.4, -0.2) is 16.6 Å². The summed E-state index contributed by atoms with van der Waals surface area (Å²) in [7, 11) is 0. The minimum Gasteiger partial charge on any atom is -0.481 e. The maximum absolute atomic E-state index is 10.6. The molecule has 0 aliphatic rings. The van der Waals surface area contributed by atoms with Gasteiger partial charge in [0.25, 0.3) is 0 Å². The van der Waals surface area contributed by atoms with Crippen molar-refractivity contribution in [1.29, 1.82) is 0 Å². The first-order valence-electron chi connectivity index (χ1n) is 7.12. The van der Waals surface area contributed by atoms with Gasteiger partial charge in [-0.2, -0.15) is 0 Å². The molecule has 0 unspecified atom stereocenters. The van der Waals surface area contributed by atoms with Crippen molar-refractivity contribution in [2.75, 3.05) is 0 Å². The van der Waals surface area contributed by atoms with Crippen molar-refractivity contribution in [2.24, 2.45) is 5.41 Å². The Morgan fingerprint density at radius 3 is 2.00 bits per heavy atom. The molecule has 3 nitrogen and oxygen atoms in total. The molecule has 0 fully saturated rings. The van der Waals surface area contributed by atoms with Crippen LogP contribution in [0.15, 0.2) is 24.3 Å². The molecule has 0 aliphatic heterocycles. The number of aliphatic carboxylic acids is 1. The number of hydrogen-bond acceptors (Lipinski definition) is 2.